The molecule has 6 heteroatoms. The molecule has 1 heterocycles. The number of halogens is 2. The number of ether oxygens (including phenoxy) is 2. The lowest BCUT2D eigenvalue weighted by molar-refractivity contribution is 0.267. The van der Waals surface area contributed by atoms with Gasteiger partial charge in [-0.2, -0.15) is 0 Å². The van der Waals surface area contributed by atoms with E-state index in [0.717, 1.165) is 26.8 Å². The van der Waals surface area contributed by atoms with E-state index in [1.54, 1.807) is 6.07 Å². The van der Waals surface area contributed by atoms with E-state index < -0.39 is 0 Å². The van der Waals surface area contributed by atoms with Gasteiger partial charge in [-0.3, -0.25) is 4.99 Å². The second-order valence-electron chi connectivity index (χ2n) is 10.6. The Bertz CT molecular complexity index is 1620. The van der Waals surface area contributed by atoms with Gasteiger partial charge in [-0.15, -0.1) is 0 Å². The summed E-state index contributed by atoms with van der Waals surface area (Å²) in [6, 6.07) is 25.9. The lowest BCUT2D eigenvalue weighted by Crippen LogP contribution is -2.29. The Labute approximate surface area is 254 Å². The van der Waals surface area contributed by atoms with Crippen LogP contribution in [0.2, 0.25) is 0 Å². The van der Waals surface area contributed by atoms with Crippen LogP contribution in [0.5, 0.6) is 11.5 Å². The van der Waals surface area contributed by atoms with Gasteiger partial charge in [0.05, 0.1) is 21.9 Å². The van der Waals surface area contributed by atoms with Crippen molar-refractivity contribution in [3.05, 3.63) is 128 Å². The Morgan fingerprint density at radius 1 is 1.02 bits per heavy atom. The summed E-state index contributed by atoms with van der Waals surface area (Å²) in [6.45, 7) is 4.86. The van der Waals surface area contributed by atoms with E-state index in [4.69, 9.17) is 14.5 Å². The van der Waals surface area contributed by atoms with Crippen molar-refractivity contribution in [2.45, 2.75) is 38.8 Å². The number of hydrogen-bond donors (Lipinski definition) is 1. The first kappa shape index (κ1) is 27.5. The average molecular weight is 659 g/mol. The molecule has 0 amide bonds. The quantitative estimate of drug-likeness (QED) is 0.117. The van der Waals surface area contributed by atoms with Gasteiger partial charge in [0, 0.05) is 17.8 Å². The Kier molecular flexibility index (Phi) is 8.10. The second kappa shape index (κ2) is 12.1. The third-order valence-corrected chi connectivity index (χ3v) is 8.54. The van der Waals surface area contributed by atoms with Crippen molar-refractivity contribution in [1.82, 2.24) is 0 Å². The number of fused-ring (bicyclic) bond motifs is 3. The van der Waals surface area contributed by atoms with E-state index in [1.165, 1.54) is 34.5 Å². The Morgan fingerprint density at radius 2 is 1.88 bits per heavy atom. The van der Waals surface area contributed by atoms with Crippen molar-refractivity contribution in [2.75, 3.05) is 11.9 Å². The monoisotopic (exact) mass is 658 g/mol. The SMILES string of the molecule is CCOc1cc(C=Nc2ccc([C@@H]3Nc4ccc(C)cc4[C@@H]4C=CC[C@H]43)cc2)cc(I)c1OCc1cccc(F)c1. The number of aliphatic imine (C=N–C) groups is 1. The van der Waals surface area contributed by atoms with Crippen molar-refractivity contribution in [3.8, 4) is 11.5 Å². The van der Waals surface area contributed by atoms with Gasteiger partial charge in [0.1, 0.15) is 12.4 Å². The van der Waals surface area contributed by atoms with Gasteiger partial charge in [0.15, 0.2) is 11.5 Å². The van der Waals surface area contributed by atoms with Crippen LogP contribution in [0, 0.1) is 22.2 Å². The smallest absolute Gasteiger partial charge is 0.175 e. The van der Waals surface area contributed by atoms with Crippen molar-refractivity contribution in [1.29, 1.82) is 0 Å². The number of allylic oxidation sites excluding steroid dienone is 2. The van der Waals surface area contributed by atoms with Gasteiger partial charge in [-0.05, 0) is 113 Å². The molecule has 3 atom stereocenters. The maximum absolute atomic E-state index is 13.6. The van der Waals surface area contributed by atoms with E-state index in [-0.39, 0.29) is 18.5 Å². The van der Waals surface area contributed by atoms with Gasteiger partial charge in [-0.25, -0.2) is 4.39 Å². The standard InChI is InChI=1S/C35H32FIN2O2/c1-3-40-33-19-24(18-31(37)35(33)41-21-23-6-4-7-26(36)17-23)20-38-27-13-11-25(12-14-27)34-29-9-5-8-28(29)30-16-22(2)10-15-32(30)39-34/h4-8,10-20,28-29,34,39H,3,9,21H2,1-2H3/t28-,29-,34+/m1/s1. The minimum atomic E-state index is -0.277. The second-order valence-corrected chi connectivity index (χ2v) is 11.8. The van der Waals surface area contributed by atoms with Gasteiger partial charge in [0.2, 0.25) is 0 Å². The van der Waals surface area contributed by atoms with Gasteiger partial charge in [-0.1, -0.05) is 54.1 Å². The first-order valence-corrected chi connectivity index (χ1v) is 15.1. The number of anilines is 1. The zero-order valence-corrected chi connectivity index (χ0v) is 25.3. The molecule has 1 aliphatic heterocycles. The first-order chi connectivity index (χ1) is 20.0. The summed E-state index contributed by atoms with van der Waals surface area (Å²) < 4.78 is 26.4. The van der Waals surface area contributed by atoms with Gasteiger partial charge >= 0.3 is 0 Å². The van der Waals surface area contributed by atoms with Crippen molar-refractivity contribution >= 4 is 40.2 Å². The maximum atomic E-state index is 13.6. The summed E-state index contributed by atoms with van der Waals surface area (Å²) in [7, 11) is 0. The fraction of sp³-hybridized carbons (Fsp3) is 0.229. The molecule has 0 saturated carbocycles. The lowest BCUT2D eigenvalue weighted by atomic mass is 9.76. The lowest BCUT2D eigenvalue weighted by Gasteiger charge is -2.37. The minimum Gasteiger partial charge on any atom is -0.490 e. The maximum Gasteiger partial charge on any atom is 0.175 e. The Balaban J connectivity index is 1.18. The molecule has 4 nitrogen and oxygen atoms in total. The number of nitrogens with one attached hydrogen (secondary N) is 1. The zero-order chi connectivity index (χ0) is 28.3. The van der Waals surface area contributed by atoms with Crippen LogP contribution in [-0.2, 0) is 6.61 Å². The fourth-order valence-corrected chi connectivity index (χ4v) is 6.59. The molecule has 0 spiro atoms. The number of nitrogens with zero attached hydrogens (tertiary/aromatic N) is 1. The molecule has 41 heavy (non-hydrogen) atoms. The van der Waals surface area contributed by atoms with Crippen LogP contribution < -0.4 is 14.8 Å². The van der Waals surface area contributed by atoms with Crippen LogP contribution in [0.4, 0.5) is 15.8 Å². The molecule has 0 radical (unpaired) electrons. The normalized spacial score (nSPS) is 19.1. The molecule has 0 aromatic heterocycles. The summed E-state index contributed by atoms with van der Waals surface area (Å²) in [4.78, 5) is 4.75. The number of hydrogen-bond acceptors (Lipinski definition) is 4. The summed E-state index contributed by atoms with van der Waals surface area (Å²) in [5, 5.41) is 3.82. The molecule has 0 saturated heterocycles. The zero-order valence-electron chi connectivity index (χ0n) is 23.1. The van der Waals surface area contributed by atoms with Crippen LogP contribution in [0.25, 0.3) is 0 Å². The van der Waals surface area contributed by atoms with E-state index in [0.29, 0.717) is 29.9 Å². The number of rotatable bonds is 8. The highest BCUT2D eigenvalue weighted by Gasteiger charge is 2.37. The number of aryl methyl sites for hydroxylation is 1. The average Bonchev–Trinajstić information content (AvgIpc) is 3.46. The third kappa shape index (κ3) is 6.03. The van der Waals surface area contributed by atoms with Crippen molar-refractivity contribution < 1.29 is 13.9 Å². The Morgan fingerprint density at radius 3 is 2.68 bits per heavy atom. The largest absolute Gasteiger partial charge is 0.490 e. The molecule has 1 N–H and O–H groups in total. The highest BCUT2D eigenvalue weighted by Crippen LogP contribution is 2.50. The fourth-order valence-electron chi connectivity index (χ4n) is 5.81. The summed E-state index contributed by atoms with van der Waals surface area (Å²) >= 11 is 2.25. The molecule has 4 aromatic carbocycles. The van der Waals surface area contributed by atoms with E-state index >= 15 is 0 Å². The van der Waals surface area contributed by atoms with Gasteiger partial charge < -0.3 is 14.8 Å². The van der Waals surface area contributed by atoms with Crippen LogP contribution in [0.1, 0.15) is 53.1 Å². The van der Waals surface area contributed by atoms with E-state index in [9.17, 15) is 4.39 Å². The topological polar surface area (TPSA) is 42.8 Å². The molecule has 208 valence electrons. The predicted molar refractivity (Wildman–Crippen MR) is 172 cm³/mol. The molecular formula is C35H32FIN2O2. The summed E-state index contributed by atoms with van der Waals surface area (Å²) in [5.74, 6) is 1.98. The highest BCUT2D eigenvalue weighted by molar-refractivity contribution is 14.1. The molecule has 0 unspecified atom stereocenters. The number of benzene rings is 4. The van der Waals surface area contributed by atoms with E-state index in [1.807, 2.05) is 31.3 Å². The molecule has 4 aromatic rings. The van der Waals surface area contributed by atoms with E-state index in [2.05, 4.69) is 89.4 Å². The first-order valence-electron chi connectivity index (χ1n) is 14.0. The van der Waals surface area contributed by atoms with Crippen LogP contribution >= 0.6 is 22.6 Å². The molecule has 6 rings (SSSR count). The van der Waals surface area contributed by atoms with Gasteiger partial charge in [0.25, 0.3) is 0 Å². The highest BCUT2D eigenvalue weighted by atomic mass is 127. The van der Waals surface area contributed by atoms with Crippen molar-refractivity contribution in [3.63, 3.8) is 0 Å². The van der Waals surface area contributed by atoms with Crippen LogP contribution in [-0.4, -0.2) is 12.8 Å². The summed E-state index contributed by atoms with van der Waals surface area (Å²) in [5.41, 5.74) is 7.80. The predicted octanol–water partition coefficient (Wildman–Crippen LogP) is 9.29. The summed E-state index contributed by atoms with van der Waals surface area (Å²) in [6.07, 6.45) is 7.64. The molecule has 0 bridgehead atoms. The van der Waals surface area contributed by atoms with Crippen LogP contribution in [0.15, 0.2) is 96.0 Å². The van der Waals surface area contributed by atoms with Crippen LogP contribution in [0.3, 0.4) is 0 Å². The molecule has 2 aliphatic rings. The molecule has 1 aliphatic carbocycles. The molecule has 0 fully saturated rings. The molecular weight excluding hydrogens is 626 g/mol. The minimum absolute atomic E-state index is 0.256. The third-order valence-electron chi connectivity index (χ3n) is 7.74. The van der Waals surface area contributed by atoms with Crippen molar-refractivity contribution in [2.24, 2.45) is 10.9 Å². The Hall–Kier alpha value is -3.65.